The predicted molar refractivity (Wildman–Crippen MR) is 75.8 cm³/mol. The summed E-state index contributed by atoms with van der Waals surface area (Å²) in [4.78, 5) is 6.78. The van der Waals surface area contributed by atoms with Crippen LogP contribution in [0.5, 0.6) is 0 Å². The molecule has 2 aromatic rings. The monoisotopic (exact) mass is 293 g/mol. The van der Waals surface area contributed by atoms with E-state index >= 15 is 0 Å². The van der Waals surface area contributed by atoms with Crippen molar-refractivity contribution < 1.29 is 4.42 Å². The number of nitrogens with one attached hydrogen (secondary N) is 2. The van der Waals surface area contributed by atoms with Gasteiger partial charge in [-0.15, -0.1) is 5.10 Å². The van der Waals surface area contributed by atoms with Crippen molar-refractivity contribution in [1.82, 2.24) is 20.5 Å². The number of hydrogen-bond donors (Lipinski definition) is 2. The van der Waals surface area contributed by atoms with E-state index in [0.29, 0.717) is 23.0 Å². The van der Waals surface area contributed by atoms with Crippen LogP contribution >= 0.6 is 11.6 Å². The molecule has 106 valence electrons. The third-order valence-electron chi connectivity index (χ3n) is 4.23. The van der Waals surface area contributed by atoms with E-state index in [2.05, 4.69) is 25.4 Å². The summed E-state index contributed by atoms with van der Waals surface area (Å²) in [5, 5.41) is 11.2. The van der Waals surface area contributed by atoms with Crippen molar-refractivity contribution in [1.29, 1.82) is 0 Å². The Morgan fingerprint density at radius 1 is 1.40 bits per heavy atom. The Labute approximate surface area is 121 Å². The minimum Gasteiger partial charge on any atom is -0.452 e. The Balaban J connectivity index is 1.55. The molecule has 0 amide bonds. The lowest BCUT2D eigenvalue weighted by atomic mass is 9.94. The minimum absolute atomic E-state index is 0.337. The number of aromatic amines is 1. The maximum absolute atomic E-state index is 5.96. The van der Waals surface area contributed by atoms with Crippen LogP contribution in [-0.4, -0.2) is 40.9 Å². The van der Waals surface area contributed by atoms with Gasteiger partial charge in [0.25, 0.3) is 0 Å². The summed E-state index contributed by atoms with van der Waals surface area (Å²) >= 11 is 5.96. The van der Waals surface area contributed by atoms with E-state index in [9.17, 15) is 0 Å². The molecule has 2 saturated heterocycles. The molecule has 0 saturated carbocycles. The maximum atomic E-state index is 5.96. The van der Waals surface area contributed by atoms with Crippen LogP contribution in [0.25, 0.3) is 11.4 Å². The number of hydrogen-bond acceptors (Lipinski definition) is 5. The molecule has 2 aromatic heterocycles. The van der Waals surface area contributed by atoms with E-state index in [4.69, 9.17) is 16.0 Å². The second-order valence-electron chi connectivity index (χ2n) is 5.46. The molecule has 20 heavy (non-hydrogen) atoms. The average molecular weight is 294 g/mol. The summed E-state index contributed by atoms with van der Waals surface area (Å²) in [6.07, 6.45) is 4.10. The lowest BCUT2D eigenvalue weighted by molar-refractivity contribution is 0.340. The SMILES string of the molecule is Clc1occc1-c1nc(N2CC3CCCNC3C2)n[nH]1. The average Bonchev–Trinajstić information content (AvgIpc) is 3.15. The summed E-state index contributed by atoms with van der Waals surface area (Å²) < 4.78 is 5.08. The molecular weight excluding hydrogens is 278 g/mol. The predicted octanol–water partition coefficient (Wildman–Crippen LogP) is 1.91. The number of piperidine rings is 1. The van der Waals surface area contributed by atoms with Gasteiger partial charge >= 0.3 is 0 Å². The molecule has 4 heterocycles. The summed E-state index contributed by atoms with van der Waals surface area (Å²) in [5.41, 5.74) is 0.750. The fourth-order valence-corrected chi connectivity index (χ4v) is 3.39. The maximum Gasteiger partial charge on any atom is 0.245 e. The van der Waals surface area contributed by atoms with Crippen LogP contribution in [0.15, 0.2) is 16.7 Å². The number of fused-ring (bicyclic) bond motifs is 1. The Morgan fingerprint density at radius 3 is 3.15 bits per heavy atom. The van der Waals surface area contributed by atoms with Crippen molar-refractivity contribution in [2.24, 2.45) is 5.92 Å². The van der Waals surface area contributed by atoms with Crippen LogP contribution in [-0.2, 0) is 0 Å². The molecule has 7 heteroatoms. The Kier molecular flexibility index (Phi) is 2.93. The molecule has 0 radical (unpaired) electrons. The number of H-pyrrole nitrogens is 1. The summed E-state index contributed by atoms with van der Waals surface area (Å²) in [7, 11) is 0. The number of halogens is 1. The quantitative estimate of drug-likeness (QED) is 0.885. The van der Waals surface area contributed by atoms with Gasteiger partial charge in [-0.3, -0.25) is 5.10 Å². The van der Waals surface area contributed by atoms with E-state index in [1.54, 1.807) is 12.3 Å². The standard InChI is InChI=1S/C13H16ClN5O/c14-11-9(3-5-20-11)12-16-13(18-17-12)19-6-8-2-1-4-15-10(8)7-19/h3,5,8,10,15H,1-2,4,6-7H2,(H,16,17,18). The normalized spacial score (nSPS) is 25.9. The van der Waals surface area contributed by atoms with E-state index in [-0.39, 0.29) is 0 Å². The third kappa shape index (κ3) is 1.99. The third-order valence-corrected chi connectivity index (χ3v) is 4.52. The molecule has 0 aromatic carbocycles. The summed E-state index contributed by atoms with van der Waals surface area (Å²) in [6, 6.07) is 2.36. The first kappa shape index (κ1) is 12.2. The molecule has 2 fully saturated rings. The molecule has 6 nitrogen and oxygen atoms in total. The highest BCUT2D eigenvalue weighted by atomic mass is 35.5. The molecule has 0 spiro atoms. The zero-order valence-corrected chi connectivity index (χ0v) is 11.7. The van der Waals surface area contributed by atoms with Gasteiger partial charge in [-0.05, 0) is 43.0 Å². The second-order valence-corrected chi connectivity index (χ2v) is 5.80. The number of aromatic nitrogens is 3. The van der Waals surface area contributed by atoms with E-state index in [1.807, 2.05) is 0 Å². The van der Waals surface area contributed by atoms with Gasteiger partial charge in [0.1, 0.15) is 0 Å². The van der Waals surface area contributed by atoms with Crippen LogP contribution in [0.3, 0.4) is 0 Å². The van der Waals surface area contributed by atoms with Crippen LogP contribution in [0, 0.1) is 5.92 Å². The highest BCUT2D eigenvalue weighted by molar-refractivity contribution is 6.31. The first-order valence-corrected chi connectivity index (χ1v) is 7.33. The van der Waals surface area contributed by atoms with Crippen molar-refractivity contribution >= 4 is 17.5 Å². The van der Waals surface area contributed by atoms with Crippen molar-refractivity contribution in [3.63, 3.8) is 0 Å². The van der Waals surface area contributed by atoms with Crippen molar-refractivity contribution in [3.8, 4) is 11.4 Å². The zero-order valence-electron chi connectivity index (χ0n) is 11.0. The Morgan fingerprint density at radius 2 is 2.35 bits per heavy atom. The minimum atomic E-state index is 0.337. The molecule has 2 unspecified atom stereocenters. The van der Waals surface area contributed by atoms with Crippen molar-refractivity contribution in [3.05, 3.63) is 17.5 Å². The number of furan rings is 1. The highest BCUT2D eigenvalue weighted by Crippen LogP contribution is 2.30. The van der Waals surface area contributed by atoms with E-state index in [0.717, 1.165) is 31.1 Å². The van der Waals surface area contributed by atoms with Gasteiger partial charge in [0, 0.05) is 19.1 Å². The molecule has 2 aliphatic heterocycles. The van der Waals surface area contributed by atoms with Gasteiger partial charge in [-0.1, -0.05) is 0 Å². The van der Waals surface area contributed by atoms with Crippen LogP contribution in [0.4, 0.5) is 5.95 Å². The highest BCUT2D eigenvalue weighted by Gasteiger charge is 2.35. The van der Waals surface area contributed by atoms with Gasteiger partial charge in [0.2, 0.25) is 11.2 Å². The van der Waals surface area contributed by atoms with Gasteiger partial charge in [-0.2, -0.15) is 4.98 Å². The second kappa shape index (κ2) is 4.79. The fourth-order valence-electron chi connectivity index (χ4n) is 3.19. The topological polar surface area (TPSA) is 70.0 Å². The first-order chi connectivity index (χ1) is 9.81. The van der Waals surface area contributed by atoms with Gasteiger partial charge in [-0.25, -0.2) is 0 Å². The van der Waals surface area contributed by atoms with Crippen molar-refractivity contribution in [2.75, 3.05) is 24.5 Å². The van der Waals surface area contributed by atoms with Gasteiger partial charge in [0.05, 0.1) is 11.8 Å². The molecule has 0 bridgehead atoms. The molecular formula is C13H16ClN5O. The molecule has 0 aliphatic carbocycles. The summed E-state index contributed by atoms with van der Waals surface area (Å²) in [6.45, 7) is 3.12. The number of anilines is 1. The molecule has 2 aliphatic rings. The molecule has 2 N–H and O–H groups in total. The summed E-state index contributed by atoms with van der Waals surface area (Å²) in [5.74, 6) is 2.11. The van der Waals surface area contributed by atoms with Crippen LogP contribution in [0.2, 0.25) is 5.22 Å². The van der Waals surface area contributed by atoms with E-state index < -0.39 is 0 Å². The van der Waals surface area contributed by atoms with Gasteiger partial charge < -0.3 is 14.6 Å². The lowest BCUT2D eigenvalue weighted by Gasteiger charge is -2.24. The van der Waals surface area contributed by atoms with E-state index in [1.165, 1.54) is 12.8 Å². The Bertz CT molecular complexity index is 595. The fraction of sp³-hybridized carbons (Fsp3) is 0.538. The lowest BCUT2D eigenvalue weighted by Crippen LogP contribution is -2.40. The largest absolute Gasteiger partial charge is 0.452 e. The van der Waals surface area contributed by atoms with Crippen LogP contribution in [0.1, 0.15) is 12.8 Å². The van der Waals surface area contributed by atoms with Crippen molar-refractivity contribution in [2.45, 2.75) is 18.9 Å². The van der Waals surface area contributed by atoms with Crippen LogP contribution < -0.4 is 10.2 Å². The molecule has 4 rings (SSSR count). The first-order valence-electron chi connectivity index (χ1n) is 6.95. The molecule has 2 atom stereocenters. The smallest absolute Gasteiger partial charge is 0.245 e. The number of rotatable bonds is 2. The zero-order chi connectivity index (χ0) is 13.5. The number of nitrogens with zero attached hydrogens (tertiary/aromatic N) is 3. The Hall–Kier alpha value is -1.53. The van der Waals surface area contributed by atoms with Gasteiger partial charge in [0.15, 0.2) is 5.82 Å².